The van der Waals surface area contributed by atoms with Crippen LogP contribution in [0.4, 0.5) is 8.78 Å². The molecule has 0 bridgehead atoms. The molecule has 1 aliphatic rings. The van der Waals surface area contributed by atoms with Gasteiger partial charge in [0.2, 0.25) is 0 Å². The number of nitrogens with one attached hydrogen (secondary N) is 1. The Hall–Kier alpha value is -1.36. The van der Waals surface area contributed by atoms with Crippen LogP contribution in [0.25, 0.3) is 0 Å². The van der Waals surface area contributed by atoms with Crippen molar-refractivity contribution in [2.24, 2.45) is 0 Å². The number of benzene rings is 1. The second kappa shape index (κ2) is 6.39. The van der Waals surface area contributed by atoms with Crippen LogP contribution < -0.4 is 14.8 Å². The Morgan fingerprint density at radius 1 is 1.30 bits per heavy atom. The predicted molar refractivity (Wildman–Crippen MR) is 73.3 cm³/mol. The molecule has 2 rings (SSSR count). The van der Waals surface area contributed by atoms with Gasteiger partial charge in [-0.1, -0.05) is 13.0 Å². The Morgan fingerprint density at radius 2 is 2.05 bits per heavy atom. The Kier molecular flexibility index (Phi) is 4.81. The van der Waals surface area contributed by atoms with E-state index in [4.69, 9.17) is 4.74 Å². The van der Waals surface area contributed by atoms with Gasteiger partial charge in [-0.3, -0.25) is 0 Å². The molecular formula is C15H21F2NO2. The van der Waals surface area contributed by atoms with Crippen LogP contribution in [-0.2, 0) is 6.54 Å². The minimum Gasteiger partial charge on any atom is -0.493 e. The number of alkyl halides is 2. The average Bonchev–Trinajstić information content (AvgIpc) is 2.37. The summed E-state index contributed by atoms with van der Waals surface area (Å²) in [5.41, 5.74) is 1.14. The summed E-state index contributed by atoms with van der Waals surface area (Å²) >= 11 is 0. The average molecular weight is 285 g/mol. The van der Waals surface area contributed by atoms with Gasteiger partial charge in [-0.2, -0.15) is 8.78 Å². The van der Waals surface area contributed by atoms with Crippen LogP contribution in [0.15, 0.2) is 18.2 Å². The van der Waals surface area contributed by atoms with Crippen molar-refractivity contribution in [1.82, 2.24) is 5.32 Å². The van der Waals surface area contributed by atoms with Crippen LogP contribution in [-0.4, -0.2) is 19.3 Å². The van der Waals surface area contributed by atoms with E-state index in [-0.39, 0.29) is 11.3 Å². The quantitative estimate of drug-likeness (QED) is 0.828. The first-order valence-corrected chi connectivity index (χ1v) is 6.95. The van der Waals surface area contributed by atoms with Gasteiger partial charge in [-0.25, -0.2) is 0 Å². The first-order valence-electron chi connectivity index (χ1n) is 6.95. The Labute approximate surface area is 118 Å². The molecule has 20 heavy (non-hydrogen) atoms. The van der Waals surface area contributed by atoms with E-state index >= 15 is 0 Å². The molecule has 0 heterocycles. The summed E-state index contributed by atoms with van der Waals surface area (Å²) in [6, 6.07) is 5.14. The van der Waals surface area contributed by atoms with Crippen molar-refractivity contribution < 1.29 is 18.3 Å². The standard InChI is InChI=1S/C15H21F2NO2/c1-3-15(7-4-8-15)18-10-11-5-6-12(19-2)13(9-11)20-14(16)17/h5-6,9,14,18H,3-4,7-8,10H2,1-2H3. The molecule has 0 aromatic heterocycles. The summed E-state index contributed by atoms with van der Waals surface area (Å²) < 4.78 is 34.2. The van der Waals surface area contributed by atoms with E-state index in [0.717, 1.165) is 12.0 Å². The molecule has 1 N–H and O–H groups in total. The Bertz CT molecular complexity index is 442. The van der Waals surface area contributed by atoms with Crippen LogP contribution in [0.5, 0.6) is 11.5 Å². The van der Waals surface area contributed by atoms with E-state index in [2.05, 4.69) is 17.0 Å². The summed E-state index contributed by atoms with van der Waals surface area (Å²) in [4.78, 5) is 0. The molecule has 0 radical (unpaired) electrons. The van der Waals surface area contributed by atoms with Gasteiger partial charge in [0.25, 0.3) is 0 Å². The van der Waals surface area contributed by atoms with Crippen molar-refractivity contribution in [1.29, 1.82) is 0 Å². The van der Waals surface area contributed by atoms with Crippen molar-refractivity contribution in [2.75, 3.05) is 7.11 Å². The Balaban J connectivity index is 2.04. The zero-order chi connectivity index (χ0) is 14.6. The van der Waals surface area contributed by atoms with E-state index in [1.54, 1.807) is 12.1 Å². The molecule has 0 spiro atoms. The van der Waals surface area contributed by atoms with E-state index in [1.807, 2.05) is 6.07 Å². The molecule has 0 unspecified atom stereocenters. The van der Waals surface area contributed by atoms with Crippen LogP contribution in [0, 0.1) is 0 Å². The van der Waals surface area contributed by atoms with Gasteiger partial charge in [0, 0.05) is 12.1 Å². The lowest BCUT2D eigenvalue weighted by Crippen LogP contribution is -2.49. The highest BCUT2D eigenvalue weighted by molar-refractivity contribution is 5.43. The molecule has 1 saturated carbocycles. The minimum absolute atomic E-state index is 0.0842. The molecule has 0 atom stereocenters. The number of halogens is 2. The second-order valence-corrected chi connectivity index (χ2v) is 5.20. The first kappa shape index (κ1) is 15.0. The van der Waals surface area contributed by atoms with Crippen LogP contribution in [0.2, 0.25) is 0 Å². The third kappa shape index (κ3) is 3.39. The third-order valence-corrected chi connectivity index (χ3v) is 4.10. The summed E-state index contributed by atoms with van der Waals surface area (Å²) in [6.07, 6.45) is 4.70. The minimum atomic E-state index is -2.85. The van der Waals surface area contributed by atoms with Crippen LogP contribution in [0.3, 0.4) is 0 Å². The highest BCUT2D eigenvalue weighted by Gasteiger charge is 2.34. The normalized spacial score (nSPS) is 16.9. The molecule has 1 aromatic carbocycles. The number of ether oxygens (including phenoxy) is 2. The predicted octanol–water partition coefficient (Wildman–Crippen LogP) is 3.72. The van der Waals surface area contributed by atoms with E-state index in [0.29, 0.717) is 12.3 Å². The van der Waals surface area contributed by atoms with Crippen molar-refractivity contribution in [3.05, 3.63) is 23.8 Å². The van der Waals surface area contributed by atoms with Crippen molar-refractivity contribution in [2.45, 2.75) is 51.3 Å². The maximum Gasteiger partial charge on any atom is 0.387 e. The SMILES string of the molecule is CCC1(NCc2ccc(OC)c(OC(F)F)c2)CCC1. The maximum absolute atomic E-state index is 12.4. The second-order valence-electron chi connectivity index (χ2n) is 5.20. The van der Waals surface area contributed by atoms with Gasteiger partial charge in [0.15, 0.2) is 11.5 Å². The van der Waals surface area contributed by atoms with Crippen molar-refractivity contribution >= 4 is 0 Å². The monoisotopic (exact) mass is 285 g/mol. The number of hydrogen-bond donors (Lipinski definition) is 1. The lowest BCUT2D eigenvalue weighted by atomic mass is 9.75. The molecule has 3 nitrogen and oxygen atoms in total. The maximum atomic E-state index is 12.4. The third-order valence-electron chi connectivity index (χ3n) is 4.10. The summed E-state index contributed by atoms with van der Waals surface area (Å²) in [5.74, 6) is 0.406. The lowest BCUT2D eigenvalue weighted by molar-refractivity contribution is -0.0512. The molecule has 0 aliphatic heterocycles. The highest BCUT2D eigenvalue weighted by atomic mass is 19.3. The van der Waals surface area contributed by atoms with Crippen LogP contribution >= 0.6 is 0 Å². The molecule has 1 aliphatic carbocycles. The fraction of sp³-hybridized carbons (Fsp3) is 0.600. The first-order chi connectivity index (χ1) is 9.58. The van der Waals surface area contributed by atoms with Gasteiger partial charge >= 0.3 is 6.61 Å². The van der Waals surface area contributed by atoms with E-state index in [9.17, 15) is 8.78 Å². The highest BCUT2D eigenvalue weighted by Crippen LogP contribution is 2.35. The van der Waals surface area contributed by atoms with E-state index < -0.39 is 6.61 Å². The van der Waals surface area contributed by atoms with Gasteiger partial charge in [-0.05, 0) is 43.4 Å². The zero-order valence-electron chi connectivity index (χ0n) is 11.9. The fourth-order valence-electron chi connectivity index (χ4n) is 2.57. The van der Waals surface area contributed by atoms with Crippen molar-refractivity contribution in [3.8, 4) is 11.5 Å². The van der Waals surface area contributed by atoms with Gasteiger partial charge < -0.3 is 14.8 Å². The molecule has 5 heteroatoms. The van der Waals surface area contributed by atoms with Gasteiger partial charge in [-0.15, -0.1) is 0 Å². The number of rotatable bonds is 7. The van der Waals surface area contributed by atoms with Crippen molar-refractivity contribution in [3.63, 3.8) is 0 Å². The molecule has 0 saturated heterocycles. The molecule has 0 amide bonds. The summed E-state index contributed by atoms with van der Waals surface area (Å²) in [6.45, 7) is -0.0242. The number of hydrogen-bond acceptors (Lipinski definition) is 3. The molecular weight excluding hydrogens is 264 g/mol. The van der Waals surface area contributed by atoms with E-state index in [1.165, 1.54) is 26.4 Å². The lowest BCUT2D eigenvalue weighted by Gasteiger charge is -2.42. The summed E-state index contributed by atoms with van der Waals surface area (Å²) in [5, 5.41) is 3.53. The Morgan fingerprint density at radius 3 is 2.55 bits per heavy atom. The van der Waals surface area contributed by atoms with Gasteiger partial charge in [0.05, 0.1) is 7.11 Å². The van der Waals surface area contributed by atoms with Crippen LogP contribution in [0.1, 0.15) is 38.2 Å². The van der Waals surface area contributed by atoms with Gasteiger partial charge in [0.1, 0.15) is 0 Å². The molecule has 1 fully saturated rings. The fourth-order valence-corrected chi connectivity index (χ4v) is 2.57. The zero-order valence-corrected chi connectivity index (χ0v) is 11.9. The smallest absolute Gasteiger partial charge is 0.387 e. The topological polar surface area (TPSA) is 30.5 Å². The molecule has 112 valence electrons. The number of methoxy groups -OCH3 is 1. The molecule has 1 aromatic rings. The summed E-state index contributed by atoms with van der Waals surface area (Å²) in [7, 11) is 1.44. The largest absolute Gasteiger partial charge is 0.493 e.